The van der Waals surface area contributed by atoms with Crippen LogP contribution in [0.25, 0.3) is 16.8 Å². The monoisotopic (exact) mass is 365 g/mol. The Balaban J connectivity index is 1.87. The predicted molar refractivity (Wildman–Crippen MR) is 108 cm³/mol. The Hall–Kier alpha value is -2.73. The van der Waals surface area contributed by atoms with Crippen molar-refractivity contribution in [1.82, 2.24) is 24.8 Å². The normalized spacial score (nSPS) is 11.3. The van der Waals surface area contributed by atoms with Gasteiger partial charge in [0.15, 0.2) is 5.65 Å². The largest absolute Gasteiger partial charge is 0.351 e. The summed E-state index contributed by atoms with van der Waals surface area (Å²) < 4.78 is 1.77. The molecule has 27 heavy (non-hydrogen) atoms. The molecule has 0 aliphatic rings. The van der Waals surface area contributed by atoms with E-state index in [0.717, 1.165) is 47.8 Å². The van der Waals surface area contributed by atoms with Crippen molar-refractivity contribution in [3.05, 3.63) is 53.5 Å². The predicted octanol–water partition coefficient (Wildman–Crippen LogP) is 3.08. The number of fused-ring (bicyclic) bond motifs is 1. The van der Waals surface area contributed by atoms with E-state index < -0.39 is 0 Å². The van der Waals surface area contributed by atoms with E-state index in [9.17, 15) is 4.79 Å². The average Bonchev–Trinajstić information content (AvgIpc) is 3.03. The molecular formula is C21H27N5O. The lowest BCUT2D eigenvalue weighted by atomic mass is 10.1. The maximum absolute atomic E-state index is 12.6. The number of rotatable bonds is 7. The van der Waals surface area contributed by atoms with Crippen molar-refractivity contribution in [3.63, 3.8) is 0 Å². The summed E-state index contributed by atoms with van der Waals surface area (Å²) >= 11 is 0. The third-order valence-corrected chi connectivity index (χ3v) is 4.97. The Kier molecular flexibility index (Phi) is 5.86. The Bertz CT molecular complexity index is 929. The number of likely N-dealkylation sites (N-methyl/N-ethyl adjacent to an activating group) is 1. The van der Waals surface area contributed by atoms with Gasteiger partial charge in [-0.05, 0) is 32.5 Å². The molecule has 0 saturated carbocycles. The highest BCUT2D eigenvalue weighted by Crippen LogP contribution is 2.27. The van der Waals surface area contributed by atoms with Crippen molar-refractivity contribution in [1.29, 1.82) is 0 Å². The molecule has 0 aliphatic carbocycles. The summed E-state index contributed by atoms with van der Waals surface area (Å²) in [5, 5.41) is 7.63. The maximum atomic E-state index is 12.6. The van der Waals surface area contributed by atoms with Crippen molar-refractivity contribution >= 4 is 11.6 Å². The zero-order valence-corrected chi connectivity index (χ0v) is 16.5. The second-order valence-electron chi connectivity index (χ2n) is 6.60. The molecule has 6 nitrogen and oxygen atoms in total. The van der Waals surface area contributed by atoms with Gasteiger partial charge in [-0.2, -0.15) is 5.10 Å². The van der Waals surface area contributed by atoms with Crippen LogP contribution in [0.5, 0.6) is 0 Å². The second kappa shape index (κ2) is 8.31. The molecule has 3 aromatic rings. The van der Waals surface area contributed by atoms with Crippen LogP contribution in [0.4, 0.5) is 0 Å². The standard InChI is InChI=1S/C21H27N5O/c1-5-25(6-2)13-12-22-21(27)18-14-23-20-19(17-10-8-7-9-11-17)15(3)24-26(20)16(18)4/h7-11,14H,5-6,12-13H2,1-4H3,(H,22,27). The van der Waals surface area contributed by atoms with E-state index >= 15 is 0 Å². The molecule has 1 N–H and O–H groups in total. The van der Waals surface area contributed by atoms with Gasteiger partial charge < -0.3 is 10.2 Å². The SMILES string of the molecule is CCN(CC)CCNC(=O)c1cnc2c(-c3ccccc3)c(C)nn2c1C. The van der Waals surface area contributed by atoms with Crippen LogP contribution in [0.15, 0.2) is 36.5 Å². The van der Waals surface area contributed by atoms with Gasteiger partial charge in [0.05, 0.1) is 17.0 Å². The van der Waals surface area contributed by atoms with Gasteiger partial charge in [-0.25, -0.2) is 9.50 Å². The van der Waals surface area contributed by atoms with Crippen molar-refractivity contribution in [2.45, 2.75) is 27.7 Å². The fourth-order valence-electron chi connectivity index (χ4n) is 3.33. The molecule has 142 valence electrons. The fraction of sp³-hybridized carbons (Fsp3) is 0.381. The first kappa shape index (κ1) is 19.0. The molecule has 0 unspecified atom stereocenters. The molecule has 0 aliphatic heterocycles. The van der Waals surface area contributed by atoms with Gasteiger partial charge in [-0.1, -0.05) is 44.2 Å². The lowest BCUT2D eigenvalue weighted by molar-refractivity contribution is 0.0947. The Morgan fingerprint density at radius 3 is 2.52 bits per heavy atom. The van der Waals surface area contributed by atoms with Crippen molar-refractivity contribution in [3.8, 4) is 11.1 Å². The number of carbonyl (C=O) groups excluding carboxylic acids is 1. The van der Waals surface area contributed by atoms with Gasteiger partial charge in [0.1, 0.15) is 0 Å². The minimum absolute atomic E-state index is 0.108. The van der Waals surface area contributed by atoms with Gasteiger partial charge in [-0.15, -0.1) is 0 Å². The first-order valence-corrected chi connectivity index (χ1v) is 9.47. The van der Waals surface area contributed by atoms with E-state index in [2.05, 4.69) is 46.3 Å². The third-order valence-electron chi connectivity index (χ3n) is 4.97. The number of benzene rings is 1. The van der Waals surface area contributed by atoms with E-state index in [0.29, 0.717) is 12.1 Å². The fourth-order valence-corrected chi connectivity index (χ4v) is 3.33. The molecule has 0 saturated heterocycles. The quantitative estimate of drug-likeness (QED) is 0.699. The van der Waals surface area contributed by atoms with E-state index in [1.165, 1.54) is 0 Å². The average molecular weight is 365 g/mol. The Morgan fingerprint density at radius 1 is 1.15 bits per heavy atom. The summed E-state index contributed by atoms with van der Waals surface area (Å²) in [6, 6.07) is 10.1. The Labute approximate surface area is 160 Å². The summed E-state index contributed by atoms with van der Waals surface area (Å²) in [5.41, 5.74) is 5.11. The van der Waals surface area contributed by atoms with E-state index in [1.54, 1.807) is 10.7 Å². The van der Waals surface area contributed by atoms with Gasteiger partial charge in [-0.3, -0.25) is 4.79 Å². The number of hydrogen-bond donors (Lipinski definition) is 1. The highest BCUT2D eigenvalue weighted by Gasteiger charge is 2.18. The van der Waals surface area contributed by atoms with Crippen molar-refractivity contribution in [2.24, 2.45) is 0 Å². The summed E-state index contributed by atoms with van der Waals surface area (Å²) in [7, 11) is 0. The molecule has 0 bridgehead atoms. The molecular weight excluding hydrogens is 338 g/mol. The molecule has 1 amide bonds. The first-order valence-electron chi connectivity index (χ1n) is 9.47. The van der Waals surface area contributed by atoms with Crippen LogP contribution in [0.2, 0.25) is 0 Å². The zero-order valence-electron chi connectivity index (χ0n) is 16.5. The van der Waals surface area contributed by atoms with Gasteiger partial charge in [0.25, 0.3) is 5.91 Å². The molecule has 2 heterocycles. The molecule has 6 heteroatoms. The van der Waals surface area contributed by atoms with Crippen LogP contribution >= 0.6 is 0 Å². The number of aryl methyl sites for hydroxylation is 2. The number of hydrogen-bond acceptors (Lipinski definition) is 4. The molecule has 2 aromatic heterocycles. The van der Waals surface area contributed by atoms with E-state index in [1.807, 2.05) is 32.0 Å². The van der Waals surface area contributed by atoms with Crippen LogP contribution in [0.3, 0.4) is 0 Å². The molecule has 1 aromatic carbocycles. The van der Waals surface area contributed by atoms with Crippen molar-refractivity contribution < 1.29 is 4.79 Å². The van der Waals surface area contributed by atoms with Crippen LogP contribution in [0.1, 0.15) is 35.6 Å². The van der Waals surface area contributed by atoms with Crippen LogP contribution < -0.4 is 5.32 Å². The van der Waals surface area contributed by atoms with Crippen molar-refractivity contribution in [2.75, 3.05) is 26.2 Å². The molecule has 0 spiro atoms. The molecule has 0 fully saturated rings. The molecule has 3 rings (SSSR count). The number of aromatic nitrogens is 3. The minimum atomic E-state index is -0.108. The van der Waals surface area contributed by atoms with Gasteiger partial charge >= 0.3 is 0 Å². The highest BCUT2D eigenvalue weighted by molar-refractivity contribution is 5.95. The summed E-state index contributed by atoms with van der Waals surface area (Å²) in [4.78, 5) is 19.5. The zero-order chi connectivity index (χ0) is 19.4. The van der Waals surface area contributed by atoms with E-state index in [4.69, 9.17) is 0 Å². The number of nitrogens with one attached hydrogen (secondary N) is 1. The Morgan fingerprint density at radius 2 is 1.85 bits per heavy atom. The smallest absolute Gasteiger partial charge is 0.254 e. The third kappa shape index (κ3) is 3.85. The van der Waals surface area contributed by atoms with Gasteiger partial charge in [0, 0.05) is 24.8 Å². The molecule has 0 atom stereocenters. The van der Waals surface area contributed by atoms with Crippen LogP contribution in [0, 0.1) is 13.8 Å². The number of amides is 1. The lowest BCUT2D eigenvalue weighted by Crippen LogP contribution is -2.35. The summed E-state index contributed by atoms with van der Waals surface area (Å²) in [5.74, 6) is -0.108. The second-order valence-corrected chi connectivity index (χ2v) is 6.60. The number of carbonyl (C=O) groups is 1. The summed E-state index contributed by atoms with van der Waals surface area (Å²) in [6.07, 6.45) is 1.66. The molecule has 0 radical (unpaired) electrons. The lowest BCUT2D eigenvalue weighted by Gasteiger charge is -2.18. The van der Waals surface area contributed by atoms with Crippen LogP contribution in [-0.2, 0) is 0 Å². The topological polar surface area (TPSA) is 62.5 Å². The van der Waals surface area contributed by atoms with E-state index in [-0.39, 0.29) is 5.91 Å². The first-order chi connectivity index (χ1) is 13.1. The van der Waals surface area contributed by atoms with Gasteiger partial charge in [0.2, 0.25) is 0 Å². The maximum Gasteiger partial charge on any atom is 0.254 e. The summed E-state index contributed by atoms with van der Waals surface area (Å²) in [6.45, 7) is 11.5. The van der Waals surface area contributed by atoms with Crippen LogP contribution in [-0.4, -0.2) is 51.6 Å². The highest BCUT2D eigenvalue weighted by atomic mass is 16.1. The minimum Gasteiger partial charge on any atom is -0.351 e. The number of nitrogens with zero attached hydrogens (tertiary/aromatic N) is 4.